The third-order valence-electron chi connectivity index (χ3n) is 6.40. The zero-order valence-electron chi connectivity index (χ0n) is 19.1. The molecule has 34 heavy (non-hydrogen) atoms. The Bertz CT molecular complexity index is 1040. The van der Waals surface area contributed by atoms with Crippen LogP contribution < -0.4 is 0 Å². The molecule has 1 atom stereocenters. The van der Waals surface area contributed by atoms with Gasteiger partial charge < -0.3 is 4.74 Å². The van der Waals surface area contributed by atoms with Crippen molar-refractivity contribution in [1.29, 1.82) is 0 Å². The van der Waals surface area contributed by atoms with Crippen molar-refractivity contribution in [1.82, 2.24) is 4.90 Å². The summed E-state index contributed by atoms with van der Waals surface area (Å²) in [7, 11) is 0. The molecule has 0 saturated heterocycles. The quantitative estimate of drug-likeness (QED) is 0.335. The van der Waals surface area contributed by atoms with E-state index in [2.05, 4.69) is 0 Å². The summed E-state index contributed by atoms with van der Waals surface area (Å²) in [6, 6.07) is 25.9. The third kappa shape index (κ3) is 5.60. The van der Waals surface area contributed by atoms with E-state index in [1.165, 1.54) is 4.90 Å². The SMILES string of the molecule is O=C(OC[C@H](C1CCCCC1)N(C(=O)c1ccccc1)C(=O)c1ccccc1)c1ccccc1. The molecule has 0 spiro atoms. The van der Waals surface area contributed by atoms with Crippen molar-refractivity contribution in [2.24, 2.45) is 5.92 Å². The summed E-state index contributed by atoms with van der Waals surface area (Å²) in [4.78, 5) is 41.5. The van der Waals surface area contributed by atoms with Crippen molar-refractivity contribution in [2.75, 3.05) is 6.61 Å². The maximum Gasteiger partial charge on any atom is 0.338 e. The van der Waals surface area contributed by atoms with Gasteiger partial charge in [0.15, 0.2) is 0 Å². The lowest BCUT2D eigenvalue weighted by atomic mass is 9.83. The van der Waals surface area contributed by atoms with Crippen LogP contribution in [0.2, 0.25) is 0 Å². The second kappa shape index (κ2) is 11.4. The van der Waals surface area contributed by atoms with Crippen LogP contribution in [-0.2, 0) is 4.74 Å². The van der Waals surface area contributed by atoms with Crippen LogP contribution in [0.25, 0.3) is 0 Å². The van der Waals surface area contributed by atoms with Crippen LogP contribution in [0.3, 0.4) is 0 Å². The lowest BCUT2D eigenvalue weighted by Gasteiger charge is -2.37. The summed E-state index contributed by atoms with van der Waals surface area (Å²) in [5.74, 6) is -1.14. The Morgan fingerprint density at radius 2 is 1.12 bits per heavy atom. The monoisotopic (exact) mass is 455 g/mol. The van der Waals surface area contributed by atoms with Gasteiger partial charge in [0.25, 0.3) is 11.8 Å². The van der Waals surface area contributed by atoms with E-state index in [1.54, 1.807) is 72.8 Å². The normalized spacial score (nSPS) is 14.7. The van der Waals surface area contributed by atoms with E-state index in [0.717, 1.165) is 32.1 Å². The fraction of sp³-hybridized carbons (Fsp3) is 0.276. The van der Waals surface area contributed by atoms with Gasteiger partial charge in [0, 0.05) is 11.1 Å². The number of benzene rings is 3. The first-order valence-corrected chi connectivity index (χ1v) is 11.9. The molecule has 3 aromatic carbocycles. The van der Waals surface area contributed by atoms with Gasteiger partial charge in [-0.15, -0.1) is 0 Å². The second-order valence-electron chi connectivity index (χ2n) is 8.64. The maximum absolute atomic E-state index is 13.7. The molecule has 5 heteroatoms. The Hall–Kier alpha value is -3.73. The third-order valence-corrected chi connectivity index (χ3v) is 6.40. The number of amides is 2. The first-order valence-electron chi connectivity index (χ1n) is 11.9. The average molecular weight is 456 g/mol. The highest BCUT2D eigenvalue weighted by atomic mass is 16.5. The van der Waals surface area contributed by atoms with Crippen LogP contribution in [0.4, 0.5) is 0 Å². The molecule has 1 saturated carbocycles. The van der Waals surface area contributed by atoms with Crippen molar-refractivity contribution in [2.45, 2.75) is 38.1 Å². The zero-order valence-corrected chi connectivity index (χ0v) is 19.1. The molecule has 1 aliphatic carbocycles. The molecule has 1 fully saturated rings. The second-order valence-corrected chi connectivity index (χ2v) is 8.64. The summed E-state index contributed by atoms with van der Waals surface area (Å²) in [6.45, 7) is -0.0322. The Labute approximate surface area is 200 Å². The maximum atomic E-state index is 13.7. The Balaban J connectivity index is 1.68. The van der Waals surface area contributed by atoms with Crippen molar-refractivity contribution >= 4 is 17.8 Å². The smallest absolute Gasteiger partial charge is 0.338 e. The van der Waals surface area contributed by atoms with Crippen molar-refractivity contribution < 1.29 is 19.1 Å². The molecule has 0 aliphatic heterocycles. The fourth-order valence-electron chi connectivity index (χ4n) is 4.59. The van der Waals surface area contributed by atoms with Crippen molar-refractivity contribution in [3.63, 3.8) is 0 Å². The van der Waals surface area contributed by atoms with Crippen LogP contribution in [0, 0.1) is 5.92 Å². The van der Waals surface area contributed by atoms with Crippen LogP contribution >= 0.6 is 0 Å². The minimum absolute atomic E-state index is 0.0322. The lowest BCUT2D eigenvalue weighted by molar-refractivity contribution is 0.0169. The molecule has 4 rings (SSSR count). The van der Waals surface area contributed by atoms with Crippen molar-refractivity contribution in [3.05, 3.63) is 108 Å². The highest BCUT2D eigenvalue weighted by Crippen LogP contribution is 2.31. The molecule has 0 radical (unpaired) electrons. The van der Waals surface area contributed by atoms with Crippen LogP contribution in [0.1, 0.15) is 63.2 Å². The summed E-state index contributed by atoms with van der Waals surface area (Å²) >= 11 is 0. The number of ether oxygens (including phenoxy) is 1. The molecular formula is C29H29NO4. The zero-order chi connectivity index (χ0) is 23.8. The number of imide groups is 1. The number of carbonyl (C=O) groups is 3. The first kappa shape index (κ1) is 23.4. The number of carbonyl (C=O) groups excluding carboxylic acids is 3. The van der Waals surface area contributed by atoms with Gasteiger partial charge in [0.1, 0.15) is 6.61 Å². The molecule has 0 unspecified atom stereocenters. The van der Waals surface area contributed by atoms with Crippen LogP contribution in [0.5, 0.6) is 0 Å². The highest BCUT2D eigenvalue weighted by Gasteiger charge is 2.37. The largest absolute Gasteiger partial charge is 0.460 e. The molecule has 3 aromatic rings. The molecule has 174 valence electrons. The highest BCUT2D eigenvalue weighted by molar-refractivity contribution is 6.10. The molecule has 2 amide bonds. The molecule has 1 aliphatic rings. The van der Waals surface area contributed by atoms with E-state index in [1.807, 2.05) is 18.2 Å². The summed E-state index contributed by atoms with van der Waals surface area (Å²) in [5, 5.41) is 0. The Morgan fingerprint density at radius 1 is 0.676 bits per heavy atom. The number of rotatable bonds is 7. The van der Waals surface area contributed by atoms with Gasteiger partial charge in [0.05, 0.1) is 11.6 Å². The first-order chi connectivity index (χ1) is 16.6. The van der Waals surface area contributed by atoms with E-state index >= 15 is 0 Å². The fourth-order valence-corrected chi connectivity index (χ4v) is 4.59. The molecule has 0 bridgehead atoms. The minimum Gasteiger partial charge on any atom is -0.460 e. The molecular weight excluding hydrogens is 426 g/mol. The predicted octanol–water partition coefficient (Wildman–Crippen LogP) is 5.78. The van der Waals surface area contributed by atoms with Gasteiger partial charge in [-0.3, -0.25) is 14.5 Å². The van der Waals surface area contributed by atoms with Crippen molar-refractivity contribution in [3.8, 4) is 0 Å². The standard InChI is InChI=1S/C29H29NO4/c31-27(23-15-7-2-8-16-23)30(28(32)24-17-9-3-10-18-24)26(22-13-5-1-6-14-22)21-34-29(33)25-19-11-4-12-20-25/h2-4,7-12,15-20,22,26H,1,5-6,13-14,21H2/t26-/m1/s1. The topological polar surface area (TPSA) is 63.7 Å². The van der Waals surface area contributed by atoms with Gasteiger partial charge in [-0.2, -0.15) is 0 Å². The molecule has 0 N–H and O–H groups in total. The van der Waals surface area contributed by atoms with E-state index in [4.69, 9.17) is 4.74 Å². The minimum atomic E-state index is -0.548. The summed E-state index contributed by atoms with van der Waals surface area (Å²) < 4.78 is 5.71. The average Bonchev–Trinajstić information content (AvgIpc) is 2.92. The van der Waals surface area contributed by atoms with Gasteiger partial charge in [-0.1, -0.05) is 73.9 Å². The Morgan fingerprint density at radius 3 is 1.59 bits per heavy atom. The van der Waals surface area contributed by atoms with E-state index < -0.39 is 12.0 Å². The van der Waals surface area contributed by atoms with Crippen LogP contribution in [0.15, 0.2) is 91.0 Å². The predicted molar refractivity (Wildman–Crippen MR) is 130 cm³/mol. The van der Waals surface area contributed by atoms with E-state index in [-0.39, 0.29) is 24.3 Å². The summed E-state index contributed by atoms with van der Waals surface area (Å²) in [6.07, 6.45) is 4.95. The Kier molecular flexibility index (Phi) is 7.87. The van der Waals surface area contributed by atoms with E-state index in [9.17, 15) is 14.4 Å². The number of hydrogen-bond donors (Lipinski definition) is 0. The van der Waals surface area contributed by atoms with E-state index in [0.29, 0.717) is 16.7 Å². The molecule has 5 nitrogen and oxygen atoms in total. The molecule has 0 heterocycles. The summed E-state index contributed by atoms with van der Waals surface area (Å²) in [5.41, 5.74) is 1.31. The van der Waals surface area contributed by atoms with Gasteiger partial charge in [0.2, 0.25) is 0 Å². The van der Waals surface area contributed by atoms with Gasteiger partial charge in [-0.05, 0) is 55.2 Å². The molecule has 0 aromatic heterocycles. The van der Waals surface area contributed by atoms with Gasteiger partial charge >= 0.3 is 5.97 Å². The number of nitrogens with zero attached hydrogens (tertiary/aromatic N) is 1. The number of esters is 1. The van der Waals surface area contributed by atoms with Crippen LogP contribution in [-0.4, -0.2) is 35.3 Å². The number of hydrogen-bond acceptors (Lipinski definition) is 4. The van der Waals surface area contributed by atoms with Gasteiger partial charge in [-0.25, -0.2) is 4.79 Å². The lowest BCUT2D eigenvalue weighted by Crippen LogP contribution is -2.51.